The van der Waals surface area contributed by atoms with E-state index in [1.54, 1.807) is 0 Å². The topological polar surface area (TPSA) is 129 Å². The van der Waals surface area contributed by atoms with Gasteiger partial charge in [-0.25, -0.2) is 9.59 Å². The van der Waals surface area contributed by atoms with Crippen LogP contribution in [0.15, 0.2) is 24.4 Å². The number of aromatic amines is 1. The van der Waals surface area contributed by atoms with Crippen molar-refractivity contribution < 1.29 is 28.8 Å². The minimum absolute atomic E-state index is 0.0780. The molecule has 0 spiro atoms. The van der Waals surface area contributed by atoms with Crippen LogP contribution in [-0.4, -0.2) is 40.8 Å². The van der Waals surface area contributed by atoms with Gasteiger partial charge in [-0.1, -0.05) is 0 Å². The average Bonchev–Trinajstić information content (AvgIpc) is 2.95. The Morgan fingerprint density at radius 3 is 2.61 bits per heavy atom. The van der Waals surface area contributed by atoms with Gasteiger partial charge in [0.2, 0.25) is 0 Å². The van der Waals surface area contributed by atoms with E-state index in [4.69, 9.17) is 4.74 Å². The summed E-state index contributed by atoms with van der Waals surface area (Å²) in [7, 11) is 1.12. The Morgan fingerprint density at radius 1 is 1.30 bits per heavy atom. The van der Waals surface area contributed by atoms with Gasteiger partial charge in [-0.05, 0) is 13.0 Å². The van der Waals surface area contributed by atoms with Crippen molar-refractivity contribution in [2.75, 3.05) is 7.11 Å². The first kappa shape index (κ1) is 16.1. The standard InChI is InChI=1S/C14H12N2O7/c1-7(13(18)22-2)23-14(19)12(17)10-6-15-11-4-3-8(16(20)21)5-9(10)11/h3-7,15H,1-2H3. The molecule has 0 bridgehead atoms. The number of carbonyl (C=O) groups excluding carboxylic acids is 3. The lowest BCUT2D eigenvalue weighted by molar-refractivity contribution is -0.384. The van der Waals surface area contributed by atoms with E-state index >= 15 is 0 Å². The van der Waals surface area contributed by atoms with E-state index in [0.717, 1.165) is 7.11 Å². The van der Waals surface area contributed by atoms with Crippen LogP contribution >= 0.6 is 0 Å². The summed E-state index contributed by atoms with van der Waals surface area (Å²) in [6.45, 7) is 1.26. The molecular weight excluding hydrogens is 308 g/mol. The molecule has 2 aromatic rings. The number of nitro groups is 1. The maximum absolute atomic E-state index is 12.1. The van der Waals surface area contributed by atoms with Gasteiger partial charge in [0, 0.05) is 29.2 Å². The van der Waals surface area contributed by atoms with Crippen LogP contribution in [0, 0.1) is 10.1 Å². The zero-order chi connectivity index (χ0) is 17.1. The minimum atomic E-state index is -1.25. The number of fused-ring (bicyclic) bond motifs is 1. The van der Waals surface area contributed by atoms with Crippen molar-refractivity contribution in [1.29, 1.82) is 0 Å². The lowest BCUT2D eigenvalue weighted by atomic mass is 10.1. The number of H-pyrrole nitrogens is 1. The van der Waals surface area contributed by atoms with E-state index in [1.807, 2.05) is 0 Å². The van der Waals surface area contributed by atoms with Crippen molar-refractivity contribution in [2.24, 2.45) is 0 Å². The Kier molecular flexibility index (Phi) is 4.39. The number of nitrogens with one attached hydrogen (secondary N) is 1. The smallest absolute Gasteiger partial charge is 0.380 e. The van der Waals surface area contributed by atoms with E-state index in [1.165, 1.54) is 31.3 Å². The van der Waals surface area contributed by atoms with E-state index in [0.29, 0.717) is 5.52 Å². The molecule has 0 amide bonds. The Labute approximate surface area is 129 Å². The van der Waals surface area contributed by atoms with Crippen LogP contribution < -0.4 is 0 Å². The molecule has 23 heavy (non-hydrogen) atoms. The summed E-state index contributed by atoms with van der Waals surface area (Å²) in [6, 6.07) is 3.87. The van der Waals surface area contributed by atoms with Crippen molar-refractivity contribution in [3.05, 3.63) is 40.1 Å². The number of carbonyl (C=O) groups is 3. The number of hydrogen-bond donors (Lipinski definition) is 1. The fourth-order valence-electron chi connectivity index (χ4n) is 1.95. The van der Waals surface area contributed by atoms with Crippen LogP contribution in [-0.2, 0) is 19.1 Å². The van der Waals surface area contributed by atoms with E-state index in [9.17, 15) is 24.5 Å². The van der Waals surface area contributed by atoms with Gasteiger partial charge in [-0.3, -0.25) is 14.9 Å². The number of aromatic nitrogens is 1. The largest absolute Gasteiger partial charge is 0.466 e. The Bertz CT molecular complexity index is 809. The third-order valence-corrected chi connectivity index (χ3v) is 3.12. The fraction of sp³-hybridized carbons (Fsp3) is 0.214. The van der Waals surface area contributed by atoms with Crippen LogP contribution in [0.4, 0.5) is 5.69 Å². The maximum Gasteiger partial charge on any atom is 0.380 e. The van der Waals surface area contributed by atoms with E-state index in [2.05, 4.69) is 9.72 Å². The van der Waals surface area contributed by atoms with Gasteiger partial charge in [0.25, 0.3) is 11.5 Å². The van der Waals surface area contributed by atoms with Gasteiger partial charge in [0.05, 0.1) is 17.6 Å². The summed E-state index contributed by atoms with van der Waals surface area (Å²) in [5, 5.41) is 11.0. The first-order valence-corrected chi connectivity index (χ1v) is 6.43. The van der Waals surface area contributed by atoms with Gasteiger partial charge in [0.1, 0.15) is 0 Å². The summed E-state index contributed by atoms with van der Waals surface area (Å²) in [6.07, 6.45) is 0.0110. The van der Waals surface area contributed by atoms with Crippen LogP contribution in [0.2, 0.25) is 0 Å². The van der Waals surface area contributed by atoms with Crippen molar-refractivity contribution >= 4 is 34.3 Å². The zero-order valence-electron chi connectivity index (χ0n) is 12.2. The summed E-state index contributed by atoms with van der Waals surface area (Å²) in [5.74, 6) is -3.08. The summed E-state index contributed by atoms with van der Waals surface area (Å²) in [5.41, 5.74) is 0.154. The highest BCUT2D eigenvalue weighted by Crippen LogP contribution is 2.24. The summed E-state index contributed by atoms with van der Waals surface area (Å²) < 4.78 is 9.09. The molecule has 1 unspecified atom stereocenters. The number of Topliss-reactive ketones (excluding diaryl/α,β-unsaturated/α-hetero) is 1. The second-order valence-electron chi connectivity index (χ2n) is 4.59. The van der Waals surface area contributed by atoms with Crippen LogP contribution in [0.5, 0.6) is 0 Å². The third-order valence-electron chi connectivity index (χ3n) is 3.12. The molecule has 1 aromatic heterocycles. The number of benzene rings is 1. The molecule has 9 heteroatoms. The number of esters is 2. The lowest BCUT2D eigenvalue weighted by Crippen LogP contribution is -2.29. The number of methoxy groups -OCH3 is 1. The van der Waals surface area contributed by atoms with E-state index < -0.39 is 28.7 Å². The fourth-order valence-corrected chi connectivity index (χ4v) is 1.95. The molecule has 0 fully saturated rings. The molecular formula is C14H12N2O7. The quantitative estimate of drug-likeness (QED) is 0.289. The molecule has 0 aliphatic heterocycles. The molecule has 2 rings (SSSR count). The molecule has 0 radical (unpaired) electrons. The highest BCUT2D eigenvalue weighted by Gasteiger charge is 2.27. The van der Waals surface area contributed by atoms with Gasteiger partial charge in [0.15, 0.2) is 6.10 Å². The number of ether oxygens (including phenoxy) is 2. The molecule has 1 N–H and O–H groups in total. The number of nitrogens with zero attached hydrogens (tertiary/aromatic N) is 1. The van der Waals surface area contributed by atoms with Gasteiger partial charge < -0.3 is 14.5 Å². The molecule has 0 saturated heterocycles. The van der Waals surface area contributed by atoms with Gasteiger partial charge in [-0.15, -0.1) is 0 Å². The monoisotopic (exact) mass is 320 g/mol. The second kappa shape index (κ2) is 6.26. The number of hydrogen-bond acceptors (Lipinski definition) is 7. The highest BCUT2D eigenvalue weighted by atomic mass is 16.6. The van der Waals surface area contributed by atoms with Crippen LogP contribution in [0.3, 0.4) is 0 Å². The Hall–Kier alpha value is -3.23. The molecule has 0 aliphatic rings. The summed E-state index contributed by atoms with van der Waals surface area (Å²) >= 11 is 0. The molecule has 1 heterocycles. The molecule has 120 valence electrons. The average molecular weight is 320 g/mol. The molecule has 0 saturated carbocycles. The number of nitro benzene ring substituents is 1. The van der Waals surface area contributed by atoms with Gasteiger partial charge in [-0.2, -0.15) is 0 Å². The molecule has 1 aromatic carbocycles. The zero-order valence-corrected chi connectivity index (χ0v) is 12.2. The molecule has 9 nitrogen and oxygen atoms in total. The Morgan fingerprint density at radius 2 is 2.00 bits per heavy atom. The van der Waals surface area contributed by atoms with Crippen molar-refractivity contribution in [1.82, 2.24) is 4.98 Å². The second-order valence-corrected chi connectivity index (χ2v) is 4.59. The SMILES string of the molecule is COC(=O)C(C)OC(=O)C(=O)c1c[nH]c2ccc([N+](=O)[O-])cc12. The van der Waals surface area contributed by atoms with E-state index in [-0.39, 0.29) is 16.6 Å². The third kappa shape index (κ3) is 3.18. The predicted octanol–water partition coefficient (Wildman–Crippen LogP) is 1.36. The lowest BCUT2D eigenvalue weighted by Gasteiger charge is -2.09. The Balaban J connectivity index is 2.30. The van der Waals surface area contributed by atoms with Crippen molar-refractivity contribution in [2.45, 2.75) is 13.0 Å². The van der Waals surface area contributed by atoms with Gasteiger partial charge >= 0.3 is 11.9 Å². The maximum atomic E-state index is 12.1. The van der Waals surface area contributed by atoms with Crippen molar-refractivity contribution in [3.8, 4) is 0 Å². The first-order chi connectivity index (χ1) is 10.8. The normalized spacial score (nSPS) is 11.7. The minimum Gasteiger partial charge on any atom is -0.466 e. The number of ketones is 1. The number of rotatable bonds is 5. The molecule has 1 atom stereocenters. The van der Waals surface area contributed by atoms with Crippen LogP contribution in [0.25, 0.3) is 10.9 Å². The van der Waals surface area contributed by atoms with Crippen molar-refractivity contribution in [3.63, 3.8) is 0 Å². The highest BCUT2D eigenvalue weighted by molar-refractivity contribution is 6.43. The first-order valence-electron chi connectivity index (χ1n) is 6.43. The molecule has 0 aliphatic carbocycles. The predicted molar refractivity (Wildman–Crippen MR) is 76.9 cm³/mol. The number of non-ortho nitro benzene ring substituents is 1. The summed E-state index contributed by atoms with van der Waals surface area (Å²) in [4.78, 5) is 48.1. The van der Waals surface area contributed by atoms with Crippen LogP contribution in [0.1, 0.15) is 17.3 Å².